The first-order valence-corrected chi connectivity index (χ1v) is 10.4. The van der Waals surface area contributed by atoms with Crippen LogP contribution in [0.1, 0.15) is 20.7 Å². The van der Waals surface area contributed by atoms with Gasteiger partial charge in [0.2, 0.25) is 0 Å². The Balaban J connectivity index is 1.63. The zero-order valence-electron chi connectivity index (χ0n) is 15.2. The van der Waals surface area contributed by atoms with E-state index in [0.717, 1.165) is 18.2 Å². The minimum Gasteiger partial charge on any atom is -0.280 e. The van der Waals surface area contributed by atoms with Gasteiger partial charge in [-0.05, 0) is 54.6 Å². The number of rotatable bonds is 5. The van der Waals surface area contributed by atoms with Crippen LogP contribution in [0.25, 0.3) is 0 Å². The van der Waals surface area contributed by atoms with Gasteiger partial charge in [-0.25, -0.2) is 12.8 Å². The van der Waals surface area contributed by atoms with Gasteiger partial charge >= 0.3 is 0 Å². The second-order valence-corrected chi connectivity index (χ2v) is 8.12. The SMILES string of the molecule is O=C(NNC(=O)c1ccc(NS(=O)(=O)c2ccc(F)c(Cl)c2)cc1)c1ccccc1. The lowest BCUT2D eigenvalue weighted by molar-refractivity contribution is 0.0846. The second-order valence-electron chi connectivity index (χ2n) is 6.03. The quantitative estimate of drug-likeness (QED) is 0.521. The average Bonchev–Trinajstić information content (AvgIpc) is 2.74. The maximum Gasteiger partial charge on any atom is 0.269 e. The maximum absolute atomic E-state index is 13.2. The van der Waals surface area contributed by atoms with E-state index in [4.69, 9.17) is 11.6 Å². The summed E-state index contributed by atoms with van der Waals surface area (Å²) in [5, 5.41) is -0.317. The molecule has 0 fully saturated rings. The normalized spacial score (nSPS) is 10.9. The van der Waals surface area contributed by atoms with Crippen LogP contribution in [0.5, 0.6) is 0 Å². The summed E-state index contributed by atoms with van der Waals surface area (Å²) in [6, 6.07) is 16.9. The first-order valence-electron chi connectivity index (χ1n) is 8.50. The number of sulfonamides is 1. The second kappa shape index (κ2) is 8.93. The first-order chi connectivity index (χ1) is 14.3. The summed E-state index contributed by atoms with van der Waals surface area (Å²) in [7, 11) is -4.00. The molecule has 3 N–H and O–H groups in total. The molecule has 0 atom stereocenters. The van der Waals surface area contributed by atoms with Gasteiger partial charge in [-0.3, -0.25) is 25.2 Å². The summed E-state index contributed by atoms with van der Waals surface area (Å²) in [5.41, 5.74) is 5.31. The molecule has 0 unspecified atom stereocenters. The molecule has 0 saturated carbocycles. The number of amides is 2. The van der Waals surface area contributed by atoms with E-state index < -0.39 is 27.7 Å². The molecule has 0 saturated heterocycles. The van der Waals surface area contributed by atoms with Gasteiger partial charge in [0.25, 0.3) is 21.8 Å². The summed E-state index contributed by atoms with van der Waals surface area (Å²) in [4.78, 5) is 23.9. The summed E-state index contributed by atoms with van der Waals surface area (Å²) in [6.07, 6.45) is 0. The van der Waals surface area contributed by atoms with Gasteiger partial charge in [-0.15, -0.1) is 0 Å². The van der Waals surface area contributed by atoms with Crippen LogP contribution < -0.4 is 15.6 Å². The summed E-state index contributed by atoms with van der Waals surface area (Å²) >= 11 is 5.63. The Hall–Kier alpha value is -3.43. The lowest BCUT2D eigenvalue weighted by atomic mass is 10.2. The Labute approximate surface area is 176 Å². The third-order valence-electron chi connectivity index (χ3n) is 3.93. The van der Waals surface area contributed by atoms with Crippen molar-refractivity contribution < 1.29 is 22.4 Å². The van der Waals surface area contributed by atoms with E-state index in [1.54, 1.807) is 30.3 Å². The molecule has 0 radical (unpaired) electrons. The summed E-state index contributed by atoms with van der Waals surface area (Å²) < 4.78 is 40.3. The van der Waals surface area contributed by atoms with E-state index in [9.17, 15) is 22.4 Å². The zero-order valence-corrected chi connectivity index (χ0v) is 16.8. The molecule has 0 aliphatic carbocycles. The van der Waals surface area contributed by atoms with Crippen molar-refractivity contribution in [2.75, 3.05) is 4.72 Å². The predicted octanol–water partition coefficient (Wildman–Crippen LogP) is 3.35. The Kier molecular flexibility index (Phi) is 6.34. The van der Waals surface area contributed by atoms with E-state index in [-0.39, 0.29) is 21.2 Å². The van der Waals surface area contributed by atoms with Crippen molar-refractivity contribution >= 4 is 39.1 Å². The number of nitrogens with one attached hydrogen (secondary N) is 3. The Bertz CT molecular complexity index is 1190. The minimum atomic E-state index is -4.00. The van der Waals surface area contributed by atoms with Gasteiger partial charge in [0, 0.05) is 16.8 Å². The van der Waals surface area contributed by atoms with E-state index in [1.807, 2.05) is 0 Å². The monoisotopic (exact) mass is 447 g/mol. The van der Waals surface area contributed by atoms with Crippen LogP contribution in [0.15, 0.2) is 77.7 Å². The van der Waals surface area contributed by atoms with E-state index in [0.29, 0.717) is 5.56 Å². The van der Waals surface area contributed by atoms with Crippen molar-refractivity contribution in [2.45, 2.75) is 4.90 Å². The van der Waals surface area contributed by atoms with Crippen LogP contribution in [0.4, 0.5) is 10.1 Å². The van der Waals surface area contributed by atoms with E-state index >= 15 is 0 Å². The number of halogens is 2. The van der Waals surface area contributed by atoms with Crippen LogP contribution >= 0.6 is 11.6 Å². The lowest BCUT2D eigenvalue weighted by Crippen LogP contribution is -2.41. The molecule has 3 aromatic rings. The van der Waals surface area contributed by atoms with Gasteiger partial charge in [0.15, 0.2) is 0 Å². The third kappa shape index (κ3) is 5.13. The van der Waals surface area contributed by atoms with E-state index in [1.165, 1.54) is 24.3 Å². The largest absolute Gasteiger partial charge is 0.280 e. The molecule has 0 aliphatic heterocycles. The molecule has 0 spiro atoms. The molecule has 10 heteroatoms. The standard InChI is InChI=1S/C20H15ClFN3O4S/c21-17-12-16(10-11-18(17)22)30(28,29)25-15-8-6-14(7-9-15)20(27)24-23-19(26)13-4-2-1-3-5-13/h1-12,25H,(H,23,26)(H,24,27). The molecular formula is C20H15ClFN3O4S. The molecule has 3 rings (SSSR count). The fourth-order valence-corrected chi connectivity index (χ4v) is 3.72. The number of carbonyl (C=O) groups excluding carboxylic acids is 2. The number of carbonyl (C=O) groups is 2. The van der Waals surface area contributed by atoms with Crippen LogP contribution in [0.3, 0.4) is 0 Å². The van der Waals surface area contributed by atoms with Gasteiger partial charge in [-0.2, -0.15) is 0 Å². The molecule has 0 heterocycles. The molecule has 0 aromatic heterocycles. The molecule has 30 heavy (non-hydrogen) atoms. The summed E-state index contributed by atoms with van der Waals surface area (Å²) in [5.74, 6) is -1.80. The highest BCUT2D eigenvalue weighted by atomic mass is 35.5. The minimum absolute atomic E-state index is 0.181. The topological polar surface area (TPSA) is 104 Å². The Morgan fingerprint density at radius 3 is 1.93 bits per heavy atom. The number of hydrogen-bond donors (Lipinski definition) is 3. The highest BCUT2D eigenvalue weighted by Crippen LogP contribution is 2.22. The fourth-order valence-electron chi connectivity index (χ4n) is 2.40. The molecule has 3 aromatic carbocycles. The van der Waals surface area contributed by atoms with Gasteiger partial charge in [-0.1, -0.05) is 29.8 Å². The fraction of sp³-hybridized carbons (Fsp3) is 0. The van der Waals surface area contributed by atoms with Crippen molar-refractivity contribution in [2.24, 2.45) is 0 Å². The Morgan fingerprint density at radius 1 is 0.800 bits per heavy atom. The molecule has 154 valence electrons. The number of hydrogen-bond acceptors (Lipinski definition) is 4. The molecule has 2 amide bonds. The molecular weight excluding hydrogens is 433 g/mol. The zero-order chi connectivity index (χ0) is 21.7. The van der Waals surface area contributed by atoms with Crippen LogP contribution in [0.2, 0.25) is 5.02 Å². The lowest BCUT2D eigenvalue weighted by Gasteiger charge is -2.10. The van der Waals surface area contributed by atoms with Gasteiger partial charge in [0.1, 0.15) is 5.82 Å². The van der Waals surface area contributed by atoms with Gasteiger partial charge in [0.05, 0.1) is 9.92 Å². The predicted molar refractivity (Wildman–Crippen MR) is 110 cm³/mol. The van der Waals surface area contributed by atoms with Crippen molar-refractivity contribution in [1.29, 1.82) is 0 Å². The van der Waals surface area contributed by atoms with Crippen molar-refractivity contribution in [3.8, 4) is 0 Å². The van der Waals surface area contributed by atoms with Crippen molar-refractivity contribution in [3.63, 3.8) is 0 Å². The van der Waals surface area contributed by atoms with Crippen LogP contribution in [-0.4, -0.2) is 20.2 Å². The van der Waals surface area contributed by atoms with Crippen LogP contribution in [-0.2, 0) is 10.0 Å². The van der Waals surface area contributed by atoms with Crippen LogP contribution in [0, 0.1) is 5.82 Å². The average molecular weight is 448 g/mol. The molecule has 0 aliphatic rings. The smallest absolute Gasteiger partial charge is 0.269 e. The first kappa shape index (κ1) is 21.3. The van der Waals surface area contributed by atoms with Gasteiger partial charge < -0.3 is 0 Å². The summed E-state index contributed by atoms with van der Waals surface area (Å²) in [6.45, 7) is 0. The Morgan fingerprint density at radius 2 is 1.37 bits per heavy atom. The molecule has 7 nitrogen and oxygen atoms in total. The number of anilines is 1. The number of benzene rings is 3. The van der Waals surface area contributed by atoms with Crippen molar-refractivity contribution in [3.05, 3.63) is 94.8 Å². The maximum atomic E-state index is 13.2. The number of hydrazine groups is 1. The molecule has 0 bridgehead atoms. The van der Waals surface area contributed by atoms with E-state index in [2.05, 4.69) is 15.6 Å². The third-order valence-corrected chi connectivity index (χ3v) is 5.59. The highest BCUT2D eigenvalue weighted by molar-refractivity contribution is 7.92. The highest BCUT2D eigenvalue weighted by Gasteiger charge is 2.16. The van der Waals surface area contributed by atoms with Crippen molar-refractivity contribution in [1.82, 2.24) is 10.9 Å².